The normalized spacial score (nSPS) is 9.25. The smallest absolute Gasteiger partial charge is 0.173 e. The fourth-order valence-corrected chi connectivity index (χ4v) is 0.567. The second-order valence-corrected chi connectivity index (χ2v) is 1.94. The van der Waals surface area contributed by atoms with Crippen LogP contribution in [0.3, 0.4) is 0 Å². The van der Waals surface area contributed by atoms with E-state index in [1.165, 1.54) is 0 Å². The van der Waals surface area contributed by atoms with Crippen molar-refractivity contribution in [1.29, 1.82) is 0 Å². The maximum absolute atomic E-state index is 4.05. The van der Waals surface area contributed by atoms with Crippen molar-refractivity contribution in [3.05, 3.63) is 24.3 Å². The maximum Gasteiger partial charge on any atom is 0.306 e. The van der Waals surface area contributed by atoms with Gasteiger partial charge in [-0.05, 0) is 0 Å². The van der Waals surface area contributed by atoms with Gasteiger partial charge >= 0.3 is 5.82 Å². The molecule has 0 fully saturated rings. The fraction of sp³-hybridized carbons (Fsp3) is 0.200. The third-order valence-electron chi connectivity index (χ3n) is 0.906. The van der Waals surface area contributed by atoms with Crippen molar-refractivity contribution < 1.29 is 3.97 Å². The Morgan fingerprint density at radius 3 is 2.88 bits per heavy atom. The molecule has 8 heavy (non-hydrogen) atoms. The van der Waals surface area contributed by atoms with Crippen LogP contribution in [0, 0.1) is 6.92 Å². The molecular weight excluding hydrogens is 120 g/mol. The molecule has 1 rings (SSSR count). The summed E-state index contributed by atoms with van der Waals surface area (Å²) >= 11 is 4.05. The van der Waals surface area contributed by atoms with Gasteiger partial charge in [0.2, 0.25) is 0 Å². The molecular formula is C5H7N2S+. The molecule has 1 aromatic heterocycles. The SMILES string of the molecule is Cc1nccc[n+]1S. The zero-order valence-electron chi connectivity index (χ0n) is 4.57. The molecule has 0 saturated carbocycles. The van der Waals surface area contributed by atoms with Crippen LogP contribution in [0.2, 0.25) is 0 Å². The molecule has 0 radical (unpaired) electrons. The summed E-state index contributed by atoms with van der Waals surface area (Å²) in [5.41, 5.74) is 0. The molecule has 0 aliphatic heterocycles. The van der Waals surface area contributed by atoms with Gasteiger partial charge in [0, 0.05) is 25.8 Å². The summed E-state index contributed by atoms with van der Waals surface area (Å²) in [5, 5.41) is 0. The first kappa shape index (κ1) is 5.56. The van der Waals surface area contributed by atoms with Gasteiger partial charge < -0.3 is 0 Å². The highest BCUT2D eigenvalue weighted by Gasteiger charge is 1.96. The number of nitrogens with zero attached hydrogens (tertiary/aromatic N) is 2. The Morgan fingerprint density at radius 2 is 2.50 bits per heavy atom. The summed E-state index contributed by atoms with van der Waals surface area (Å²) in [7, 11) is 0. The van der Waals surface area contributed by atoms with Crippen molar-refractivity contribution in [3.8, 4) is 0 Å². The Bertz CT molecular complexity index is 167. The first-order valence-electron chi connectivity index (χ1n) is 2.33. The first-order valence-corrected chi connectivity index (χ1v) is 2.73. The molecule has 0 unspecified atom stereocenters. The summed E-state index contributed by atoms with van der Waals surface area (Å²) < 4.78 is 1.67. The topological polar surface area (TPSA) is 16.8 Å². The summed E-state index contributed by atoms with van der Waals surface area (Å²) in [4.78, 5) is 3.97. The van der Waals surface area contributed by atoms with Crippen molar-refractivity contribution in [2.24, 2.45) is 0 Å². The minimum absolute atomic E-state index is 0.899. The number of aryl methyl sites for hydroxylation is 1. The number of thiol groups is 1. The van der Waals surface area contributed by atoms with Crippen molar-refractivity contribution in [2.45, 2.75) is 6.92 Å². The maximum atomic E-state index is 4.05. The van der Waals surface area contributed by atoms with E-state index in [9.17, 15) is 0 Å². The Kier molecular flexibility index (Phi) is 1.48. The van der Waals surface area contributed by atoms with Gasteiger partial charge in [0.1, 0.15) is 12.4 Å². The number of aromatic nitrogens is 2. The van der Waals surface area contributed by atoms with Crippen LogP contribution in [0.15, 0.2) is 18.5 Å². The van der Waals surface area contributed by atoms with E-state index in [0.717, 1.165) is 5.82 Å². The molecule has 0 amide bonds. The third-order valence-corrected chi connectivity index (χ3v) is 1.33. The van der Waals surface area contributed by atoms with Gasteiger partial charge in [0.15, 0.2) is 0 Å². The lowest BCUT2D eigenvalue weighted by molar-refractivity contribution is -0.502. The molecule has 2 nitrogen and oxygen atoms in total. The van der Waals surface area contributed by atoms with Gasteiger partial charge in [-0.3, -0.25) is 0 Å². The van der Waals surface area contributed by atoms with Crippen LogP contribution in [0.25, 0.3) is 0 Å². The lowest BCUT2D eigenvalue weighted by Gasteiger charge is -1.84. The standard InChI is InChI=1S/C5H7N2S/c1-5-6-3-2-4-7(5)8/h2-4,8H,1H3/q+1. The van der Waals surface area contributed by atoms with E-state index in [1.807, 2.05) is 19.2 Å². The average Bonchev–Trinajstić information content (AvgIpc) is 1.77. The molecule has 42 valence electrons. The van der Waals surface area contributed by atoms with E-state index in [2.05, 4.69) is 17.8 Å². The lowest BCUT2D eigenvalue weighted by atomic mass is 10.6. The van der Waals surface area contributed by atoms with E-state index in [0.29, 0.717) is 0 Å². The van der Waals surface area contributed by atoms with E-state index in [4.69, 9.17) is 0 Å². The van der Waals surface area contributed by atoms with Crippen LogP contribution < -0.4 is 3.97 Å². The second kappa shape index (κ2) is 2.13. The average molecular weight is 127 g/mol. The second-order valence-electron chi connectivity index (χ2n) is 1.51. The molecule has 1 heterocycles. The summed E-state index contributed by atoms with van der Waals surface area (Å²) in [5.74, 6) is 0.899. The Labute approximate surface area is 53.7 Å². The van der Waals surface area contributed by atoms with Gasteiger partial charge in [0.25, 0.3) is 0 Å². The van der Waals surface area contributed by atoms with Gasteiger partial charge in [-0.15, -0.1) is 0 Å². The summed E-state index contributed by atoms with van der Waals surface area (Å²) in [6.45, 7) is 1.90. The largest absolute Gasteiger partial charge is 0.306 e. The summed E-state index contributed by atoms with van der Waals surface area (Å²) in [6, 6.07) is 1.83. The summed E-state index contributed by atoms with van der Waals surface area (Å²) in [6.07, 6.45) is 3.58. The Morgan fingerprint density at radius 1 is 1.75 bits per heavy atom. The zero-order valence-corrected chi connectivity index (χ0v) is 5.47. The van der Waals surface area contributed by atoms with Gasteiger partial charge in [-0.1, -0.05) is 4.98 Å². The molecule has 0 atom stereocenters. The molecule has 3 heteroatoms. The first-order chi connectivity index (χ1) is 3.80. The highest BCUT2D eigenvalue weighted by atomic mass is 32.1. The molecule has 0 aliphatic rings. The monoisotopic (exact) mass is 127 g/mol. The predicted molar refractivity (Wildman–Crippen MR) is 33.6 cm³/mol. The number of hydrogen-bond acceptors (Lipinski definition) is 2. The molecule has 0 bridgehead atoms. The van der Waals surface area contributed by atoms with E-state index < -0.39 is 0 Å². The number of hydrogen-bond donors (Lipinski definition) is 1. The number of rotatable bonds is 0. The van der Waals surface area contributed by atoms with Crippen LogP contribution in [0.1, 0.15) is 5.82 Å². The van der Waals surface area contributed by atoms with E-state index >= 15 is 0 Å². The van der Waals surface area contributed by atoms with Crippen molar-refractivity contribution in [2.75, 3.05) is 0 Å². The van der Waals surface area contributed by atoms with Crippen LogP contribution >= 0.6 is 12.8 Å². The molecule has 0 aliphatic carbocycles. The zero-order chi connectivity index (χ0) is 5.98. The lowest BCUT2D eigenvalue weighted by Crippen LogP contribution is -2.24. The van der Waals surface area contributed by atoms with E-state index in [1.54, 1.807) is 10.2 Å². The van der Waals surface area contributed by atoms with E-state index in [-0.39, 0.29) is 0 Å². The third kappa shape index (κ3) is 0.980. The van der Waals surface area contributed by atoms with Crippen LogP contribution in [0.5, 0.6) is 0 Å². The van der Waals surface area contributed by atoms with Crippen molar-refractivity contribution in [1.82, 2.24) is 4.98 Å². The van der Waals surface area contributed by atoms with Gasteiger partial charge in [0.05, 0.1) is 0 Å². The highest BCUT2D eigenvalue weighted by molar-refractivity contribution is 7.73. The van der Waals surface area contributed by atoms with Crippen LogP contribution in [0.4, 0.5) is 0 Å². The Hall–Kier alpha value is -0.570. The predicted octanol–water partition coefficient (Wildman–Crippen LogP) is 0.370. The van der Waals surface area contributed by atoms with Crippen LogP contribution in [-0.2, 0) is 0 Å². The molecule has 0 N–H and O–H groups in total. The van der Waals surface area contributed by atoms with Crippen LogP contribution in [-0.4, -0.2) is 4.98 Å². The Balaban J connectivity index is 3.13. The van der Waals surface area contributed by atoms with Gasteiger partial charge in [-0.2, -0.15) is 3.97 Å². The molecule has 0 spiro atoms. The quantitative estimate of drug-likeness (QED) is 0.393. The highest BCUT2D eigenvalue weighted by Crippen LogP contribution is 1.79. The molecule has 1 aromatic rings. The molecule has 0 aromatic carbocycles. The van der Waals surface area contributed by atoms with Crippen molar-refractivity contribution >= 4 is 12.8 Å². The van der Waals surface area contributed by atoms with Gasteiger partial charge in [-0.25, -0.2) is 0 Å². The minimum Gasteiger partial charge on any atom is -0.173 e. The fourth-order valence-electron chi connectivity index (χ4n) is 0.438. The van der Waals surface area contributed by atoms with Crippen molar-refractivity contribution in [3.63, 3.8) is 0 Å². The molecule has 0 saturated heterocycles. The minimum atomic E-state index is 0.899.